The summed E-state index contributed by atoms with van der Waals surface area (Å²) in [6.45, 7) is 2.83. The molecule has 9 heteroatoms. The molecule has 1 N–H and O–H groups in total. The lowest BCUT2D eigenvalue weighted by molar-refractivity contribution is -0.757. The van der Waals surface area contributed by atoms with E-state index in [0.29, 0.717) is 43.3 Å². The van der Waals surface area contributed by atoms with Crippen molar-refractivity contribution >= 4 is 12.4 Å². The number of unbranched alkanes of at least 4 members (excludes halogenated alkanes) is 5. The summed E-state index contributed by atoms with van der Waals surface area (Å²) in [6, 6.07) is 17.7. The van der Waals surface area contributed by atoms with E-state index in [1.807, 2.05) is 0 Å². The molecule has 1 aliphatic rings. The molecule has 0 heterocycles. The molecule has 0 aliphatic heterocycles. The third-order valence-electron chi connectivity index (χ3n) is 8.34. The van der Waals surface area contributed by atoms with E-state index in [9.17, 15) is 24.8 Å². The second kappa shape index (κ2) is 24.5. The van der Waals surface area contributed by atoms with E-state index in [1.165, 1.54) is 69.8 Å². The monoisotopic (exact) mass is 639 g/mol. The second-order valence-electron chi connectivity index (χ2n) is 11.8. The molecule has 2 aromatic rings. The van der Waals surface area contributed by atoms with Crippen LogP contribution in [0.2, 0.25) is 0 Å². The average molecular weight is 640 g/mol. The van der Waals surface area contributed by atoms with Gasteiger partial charge < -0.3 is 19.4 Å². The lowest BCUT2D eigenvalue weighted by Gasteiger charge is -2.21. The van der Waals surface area contributed by atoms with Crippen molar-refractivity contribution in [3.63, 3.8) is 0 Å². The van der Waals surface area contributed by atoms with E-state index < -0.39 is 5.09 Å². The molecule has 3 rings (SSSR count). The summed E-state index contributed by atoms with van der Waals surface area (Å²) >= 11 is 0. The molecule has 0 saturated heterocycles. The van der Waals surface area contributed by atoms with Crippen LogP contribution in [0.1, 0.15) is 102 Å². The van der Waals surface area contributed by atoms with Gasteiger partial charge in [0.15, 0.2) is 0 Å². The van der Waals surface area contributed by atoms with Crippen molar-refractivity contribution in [1.82, 2.24) is 0 Å². The third kappa shape index (κ3) is 17.7. The number of hydrogen-bond donors (Lipinski definition) is 1. The van der Waals surface area contributed by atoms with Gasteiger partial charge in [-0.15, -0.1) is 10.1 Å². The summed E-state index contributed by atoms with van der Waals surface area (Å²) in [5, 5.41) is 19.3. The van der Waals surface area contributed by atoms with Gasteiger partial charge in [-0.2, -0.15) is 0 Å². The first-order chi connectivity index (χ1) is 22.4. The van der Waals surface area contributed by atoms with Gasteiger partial charge in [0, 0.05) is 12.8 Å². The molecular formula is C37H53NO8. The van der Waals surface area contributed by atoms with Crippen LogP contribution in [0.3, 0.4) is 0 Å². The van der Waals surface area contributed by atoms with Gasteiger partial charge in [-0.1, -0.05) is 87.2 Å². The van der Waals surface area contributed by atoms with Crippen molar-refractivity contribution in [3.05, 3.63) is 88.0 Å². The highest BCUT2D eigenvalue weighted by Crippen LogP contribution is 2.38. The largest absolute Gasteiger partial charge is 0.465 e. The Balaban J connectivity index is 0.000000322. The van der Waals surface area contributed by atoms with Crippen LogP contribution in [0.25, 0.3) is 0 Å². The molecule has 46 heavy (non-hydrogen) atoms. The minimum atomic E-state index is -0.857. The van der Waals surface area contributed by atoms with E-state index in [4.69, 9.17) is 4.74 Å². The third-order valence-corrected chi connectivity index (χ3v) is 8.34. The van der Waals surface area contributed by atoms with Gasteiger partial charge in [0.2, 0.25) is 0 Å². The van der Waals surface area contributed by atoms with Crippen molar-refractivity contribution in [2.24, 2.45) is 11.8 Å². The molecule has 2 aromatic carbocycles. The number of ether oxygens (including phenoxy) is 2. The Morgan fingerprint density at radius 1 is 0.913 bits per heavy atom. The standard InChI is InChI=1S/C23H36O.C14H17NO7/c1-2-3-4-5-11-16-21-18-19-23(24)22(21)17-12-7-10-15-20-13-8-6-9-14-20;16-11-21-13-6-4-12(5-7-13)8-10-20-14(17)3-1-2-9-22-15(18)19/h5-6,8-9,11,13-14,21-24H,2-4,7,10,12,15-19H2,1H3;4-7,11H,1-3,8-10H2/b11-5-;/t21?,22?,23-;/m1./s1. The first-order valence-corrected chi connectivity index (χ1v) is 16.9. The van der Waals surface area contributed by atoms with Crippen LogP contribution in [0, 0.1) is 22.0 Å². The van der Waals surface area contributed by atoms with Crippen molar-refractivity contribution in [2.45, 2.75) is 109 Å². The van der Waals surface area contributed by atoms with Crippen molar-refractivity contribution < 1.29 is 34.1 Å². The van der Waals surface area contributed by atoms with Gasteiger partial charge in [0.25, 0.3) is 11.6 Å². The fourth-order valence-corrected chi connectivity index (χ4v) is 5.74. The summed E-state index contributed by atoms with van der Waals surface area (Å²) < 4.78 is 9.71. The van der Waals surface area contributed by atoms with E-state index in [1.54, 1.807) is 24.3 Å². The zero-order valence-corrected chi connectivity index (χ0v) is 27.4. The fraction of sp³-hybridized carbons (Fsp3) is 0.568. The first-order valence-electron chi connectivity index (χ1n) is 16.9. The van der Waals surface area contributed by atoms with Gasteiger partial charge in [0.05, 0.1) is 19.3 Å². The number of aliphatic hydroxyl groups excluding tert-OH is 1. The molecule has 1 saturated carbocycles. The topological polar surface area (TPSA) is 125 Å². The molecule has 3 atom stereocenters. The molecule has 1 aliphatic carbocycles. The maximum atomic E-state index is 11.4. The summed E-state index contributed by atoms with van der Waals surface area (Å²) in [5.41, 5.74) is 2.40. The smallest absolute Gasteiger partial charge is 0.305 e. The van der Waals surface area contributed by atoms with Gasteiger partial charge >= 0.3 is 5.97 Å². The Hall–Kier alpha value is -3.72. The molecule has 0 aromatic heterocycles. The number of carbonyl (C=O) groups is 2. The van der Waals surface area contributed by atoms with Crippen LogP contribution in [-0.2, 0) is 32.0 Å². The molecule has 1 fully saturated rings. The number of esters is 1. The molecule has 9 nitrogen and oxygen atoms in total. The van der Waals surface area contributed by atoms with Gasteiger partial charge in [-0.05, 0) is 92.9 Å². The Morgan fingerprint density at radius 3 is 2.39 bits per heavy atom. The molecule has 0 amide bonds. The normalized spacial score (nSPS) is 17.2. The van der Waals surface area contributed by atoms with Crippen LogP contribution >= 0.6 is 0 Å². The summed E-state index contributed by atoms with van der Waals surface area (Å²) in [5.74, 6) is 1.36. The summed E-state index contributed by atoms with van der Waals surface area (Å²) in [6.07, 6.45) is 19.8. The van der Waals surface area contributed by atoms with Gasteiger partial charge in [-0.25, -0.2) is 0 Å². The number of allylic oxidation sites excluding steroid dienone is 2. The summed E-state index contributed by atoms with van der Waals surface area (Å²) in [7, 11) is 0. The van der Waals surface area contributed by atoms with Crippen molar-refractivity contribution in [3.8, 4) is 5.75 Å². The summed E-state index contributed by atoms with van der Waals surface area (Å²) in [4.78, 5) is 35.6. The SMILES string of the molecule is CCCC/C=C\CC1CC[C@@H](O)C1CCCCCc1ccccc1.O=COc1ccc(CCOC(=O)CCCCO[N+](=O)[O-])cc1. The van der Waals surface area contributed by atoms with Crippen LogP contribution in [0.4, 0.5) is 0 Å². The fourth-order valence-electron chi connectivity index (χ4n) is 5.74. The van der Waals surface area contributed by atoms with E-state index >= 15 is 0 Å². The molecule has 0 spiro atoms. The molecular weight excluding hydrogens is 586 g/mol. The predicted molar refractivity (Wildman–Crippen MR) is 179 cm³/mol. The number of hydrogen-bond acceptors (Lipinski definition) is 8. The molecule has 0 radical (unpaired) electrons. The molecule has 2 unspecified atom stereocenters. The van der Waals surface area contributed by atoms with Crippen LogP contribution in [0.5, 0.6) is 5.75 Å². The number of nitrogens with zero attached hydrogens (tertiary/aromatic N) is 1. The molecule has 0 bridgehead atoms. The number of aryl methyl sites for hydroxylation is 1. The zero-order chi connectivity index (χ0) is 33.2. The predicted octanol–water partition coefficient (Wildman–Crippen LogP) is 8.00. The second-order valence-corrected chi connectivity index (χ2v) is 11.8. The number of aliphatic hydroxyl groups is 1. The minimum absolute atomic E-state index is 0.0184. The Bertz CT molecular complexity index is 1120. The van der Waals surface area contributed by atoms with E-state index in [2.05, 4.69) is 59.0 Å². The lowest BCUT2D eigenvalue weighted by Crippen LogP contribution is -2.18. The highest BCUT2D eigenvalue weighted by atomic mass is 16.9. The highest BCUT2D eigenvalue weighted by molar-refractivity contribution is 5.69. The van der Waals surface area contributed by atoms with Crippen LogP contribution < -0.4 is 4.74 Å². The maximum absolute atomic E-state index is 11.4. The average Bonchev–Trinajstić information content (AvgIpc) is 3.40. The van der Waals surface area contributed by atoms with Crippen molar-refractivity contribution in [2.75, 3.05) is 13.2 Å². The number of benzene rings is 2. The zero-order valence-electron chi connectivity index (χ0n) is 27.4. The Kier molecular flexibility index (Phi) is 20.5. The van der Waals surface area contributed by atoms with Crippen molar-refractivity contribution in [1.29, 1.82) is 0 Å². The van der Waals surface area contributed by atoms with Crippen LogP contribution in [0.15, 0.2) is 66.7 Å². The highest BCUT2D eigenvalue weighted by Gasteiger charge is 2.33. The van der Waals surface area contributed by atoms with Gasteiger partial charge in [0.1, 0.15) is 5.75 Å². The van der Waals surface area contributed by atoms with E-state index in [-0.39, 0.29) is 31.7 Å². The van der Waals surface area contributed by atoms with Crippen LogP contribution in [-0.4, -0.2) is 42.0 Å². The Morgan fingerprint density at radius 2 is 1.67 bits per heavy atom. The van der Waals surface area contributed by atoms with E-state index in [0.717, 1.165) is 12.0 Å². The maximum Gasteiger partial charge on any atom is 0.305 e. The quantitative estimate of drug-likeness (QED) is 0.0343. The van der Waals surface area contributed by atoms with Gasteiger partial charge in [-0.3, -0.25) is 9.59 Å². The Labute approximate surface area is 274 Å². The minimum Gasteiger partial charge on any atom is -0.465 e. The first kappa shape index (κ1) is 38.5. The molecule has 254 valence electrons. The number of carbonyl (C=O) groups excluding carboxylic acids is 2. The lowest BCUT2D eigenvalue weighted by atomic mass is 9.87. The number of rotatable bonds is 22.